The van der Waals surface area contributed by atoms with Crippen LogP contribution in [0, 0.1) is 27.6 Å². The van der Waals surface area contributed by atoms with Crippen molar-refractivity contribution in [3.05, 3.63) is 0 Å². The van der Waals surface area contributed by atoms with Gasteiger partial charge in [0.15, 0.2) is 5.41 Å². The van der Waals surface area contributed by atoms with Gasteiger partial charge in [0.1, 0.15) is 0 Å². The molecule has 1 aliphatic rings. The monoisotopic (exact) mass is 195 g/mol. The minimum atomic E-state index is -1.21. The van der Waals surface area contributed by atoms with Gasteiger partial charge in [-0.25, -0.2) is 0 Å². The van der Waals surface area contributed by atoms with Crippen LogP contribution in [0.2, 0.25) is 0 Å². The van der Waals surface area contributed by atoms with Crippen LogP contribution in [0.4, 0.5) is 0 Å². The summed E-state index contributed by atoms with van der Waals surface area (Å²) in [6.45, 7) is 7.85. The summed E-state index contributed by atoms with van der Waals surface area (Å²) in [5, 5.41) is 18.3. The van der Waals surface area contributed by atoms with Crippen LogP contribution in [-0.2, 0) is 4.79 Å². The van der Waals surface area contributed by atoms with E-state index in [-0.39, 0.29) is 5.41 Å². The van der Waals surface area contributed by atoms with E-state index >= 15 is 0 Å². The van der Waals surface area contributed by atoms with Crippen molar-refractivity contribution in [2.24, 2.45) is 16.2 Å². The highest BCUT2D eigenvalue weighted by molar-refractivity contribution is 5.80. The molecule has 0 aromatic rings. The van der Waals surface area contributed by atoms with Crippen molar-refractivity contribution in [3.63, 3.8) is 0 Å². The van der Waals surface area contributed by atoms with Crippen LogP contribution in [0.25, 0.3) is 0 Å². The maximum absolute atomic E-state index is 11.2. The fraction of sp³-hybridized carbons (Fsp3) is 0.818. The molecule has 1 fully saturated rings. The first-order valence-electron chi connectivity index (χ1n) is 4.86. The molecule has 0 unspecified atom stereocenters. The summed E-state index contributed by atoms with van der Waals surface area (Å²) in [7, 11) is 0. The Kier molecular flexibility index (Phi) is 2.15. The number of aliphatic carboxylic acids is 1. The third-order valence-corrected chi connectivity index (χ3v) is 4.44. The lowest BCUT2D eigenvalue weighted by atomic mass is 9.60. The Balaban J connectivity index is 3.29. The van der Waals surface area contributed by atoms with Gasteiger partial charge in [-0.2, -0.15) is 5.26 Å². The summed E-state index contributed by atoms with van der Waals surface area (Å²) in [6, 6.07) is 2.02. The first-order valence-corrected chi connectivity index (χ1v) is 4.86. The van der Waals surface area contributed by atoms with Crippen LogP contribution >= 0.6 is 0 Å². The lowest BCUT2D eigenvalue weighted by Crippen LogP contribution is -2.44. The van der Waals surface area contributed by atoms with Gasteiger partial charge in [0.2, 0.25) is 0 Å². The zero-order chi connectivity index (χ0) is 11.2. The van der Waals surface area contributed by atoms with E-state index in [1.165, 1.54) is 0 Å². The predicted octanol–water partition coefficient (Wildman–Crippen LogP) is 2.43. The molecular formula is C11H17NO2. The first kappa shape index (κ1) is 11.0. The van der Waals surface area contributed by atoms with Crippen LogP contribution in [0.5, 0.6) is 0 Å². The molecule has 0 radical (unpaired) electrons. The van der Waals surface area contributed by atoms with E-state index < -0.39 is 16.8 Å². The third-order valence-electron chi connectivity index (χ3n) is 4.44. The Morgan fingerprint density at radius 3 is 1.93 bits per heavy atom. The third kappa shape index (κ3) is 1.00. The molecule has 0 amide bonds. The van der Waals surface area contributed by atoms with Crippen molar-refractivity contribution in [3.8, 4) is 6.07 Å². The van der Waals surface area contributed by atoms with Gasteiger partial charge in [0, 0.05) is 0 Å². The first-order chi connectivity index (χ1) is 6.21. The van der Waals surface area contributed by atoms with E-state index in [9.17, 15) is 9.90 Å². The molecule has 1 aliphatic carbocycles. The van der Waals surface area contributed by atoms with Crippen LogP contribution in [0.1, 0.15) is 40.5 Å². The maximum Gasteiger partial charge on any atom is 0.324 e. The lowest BCUT2D eigenvalue weighted by Gasteiger charge is -2.41. The van der Waals surface area contributed by atoms with E-state index in [1.54, 1.807) is 0 Å². The van der Waals surface area contributed by atoms with Gasteiger partial charge in [-0.15, -0.1) is 0 Å². The van der Waals surface area contributed by atoms with Crippen molar-refractivity contribution >= 4 is 5.97 Å². The van der Waals surface area contributed by atoms with E-state index in [1.807, 2.05) is 33.8 Å². The van der Waals surface area contributed by atoms with Crippen molar-refractivity contribution in [2.45, 2.75) is 40.5 Å². The number of hydrogen-bond acceptors (Lipinski definition) is 2. The molecule has 14 heavy (non-hydrogen) atoms. The van der Waals surface area contributed by atoms with Crippen molar-refractivity contribution in [1.82, 2.24) is 0 Å². The number of carbonyl (C=O) groups is 1. The maximum atomic E-state index is 11.2. The average molecular weight is 195 g/mol. The molecule has 0 bridgehead atoms. The number of nitrogens with zero attached hydrogens (tertiary/aromatic N) is 1. The van der Waals surface area contributed by atoms with E-state index in [4.69, 9.17) is 5.26 Å². The van der Waals surface area contributed by atoms with Crippen LogP contribution in [0.3, 0.4) is 0 Å². The smallest absolute Gasteiger partial charge is 0.324 e. The lowest BCUT2D eigenvalue weighted by molar-refractivity contribution is -0.152. The summed E-state index contributed by atoms with van der Waals surface area (Å²) in [5.41, 5.74) is -1.79. The topological polar surface area (TPSA) is 61.1 Å². The number of rotatable bonds is 1. The Hall–Kier alpha value is -1.04. The molecule has 1 saturated carbocycles. The molecule has 0 aromatic heterocycles. The summed E-state index contributed by atoms with van der Waals surface area (Å²) in [5.74, 6) is -0.976. The Bertz CT molecular complexity index is 312. The average Bonchev–Trinajstić information content (AvgIpc) is 2.21. The molecule has 1 atom stereocenters. The molecule has 0 aliphatic heterocycles. The highest BCUT2D eigenvalue weighted by Crippen LogP contribution is 2.62. The largest absolute Gasteiger partial charge is 0.480 e. The Morgan fingerprint density at radius 2 is 1.79 bits per heavy atom. The van der Waals surface area contributed by atoms with Gasteiger partial charge in [0.05, 0.1) is 6.07 Å². The molecule has 3 nitrogen and oxygen atoms in total. The second kappa shape index (κ2) is 2.73. The minimum Gasteiger partial charge on any atom is -0.480 e. The second-order valence-electron chi connectivity index (χ2n) is 5.33. The zero-order valence-electron chi connectivity index (χ0n) is 9.22. The summed E-state index contributed by atoms with van der Waals surface area (Å²) < 4.78 is 0. The van der Waals surface area contributed by atoms with E-state index in [0.717, 1.165) is 6.42 Å². The number of nitriles is 1. The molecule has 1 rings (SSSR count). The molecule has 0 aromatic carbocycles. The molecule has 3 heteroatoms. The summed E-state index contributed by atoms with van der Waals surface area (Å²) >= 11 is 0. The SMILES string of the molecule is CC1(C)CC[C@@](C#N)(C(=O)O)C1(C)C. The van der Waals surface area contributed by atoms with Gasteiger partial charge in [-0.05, 0) is 23.7 Å². The molecule has 1 N–H and O–H groups in total. The normalized spacial score (nSPS) is 33.6. The zero-order valence-corrected chi connectivity index (χ0v) is 9.22. The molecular weight excluding hydrogens is 178 g/mol. The quantitative estimate of drug-likeness (QED) is 0.699. The van der Waals surface area contributed by atoms with Gasteiger partial charge in [-0.1, -0.05) is 27.7 Å². The fourth-order valence-corrected chi connectivity index (χ4v) is 2.32. The molecule has 0 saturated heterocycles. The molecule has 0 heterocycles. The minimum absolute atomic E-state index is 0.0961. The number of carboxylic acids is 1. The Morgan fingerprint density at radius 1 is 1.29 bits per heavy atom. The van der Waals surface area contributed by atoms with Crippen LogP contribution in [0.15, 0.2) is 0 Å². The number of carboxylic acid groups (broad SMARTS) is 1. The summed E-state index contributed by atoms with van der Waals surface area (Å²) in [4.78, 5) is 11.2. The van der Waals surface area contributed by atoms with Crippen molar-refractivity contribution < 1.29 is 9.90 Å². The summed E-state index contributed by atoms with van der Waals surface area (Å²) in [6.07, 6.45) is 1.25. The second-order valence-corrected chi connectivity index (χ2v) is 5.33. The molecule has 0 spiro atoms. The fourth-order valence-electron chi connectivity index (χ4n) is 2.32. The van der Waals surface area contributed by atoms with Crippen molar-refractivity contribution in [2.75, 3.05) is 0 Å². The van der Waals surface area contributed by atoms with Crippen LogP contribution in [-0.4, -0.2) is 11.1 Å². The molecule has 78 valence electrons. The van der Waals surface area contributed by atoms with Gasteiger partial charge < -0.3 is 5.11 Å². The van der Waals surface area contributed by atoms with Crippen molar-refractivity contribution in [1.29, 1.82) is 5.26 Å². The van der Waals surface area contributed by atoms with Gasteiger partial charge in [0.25, 0.3) is 0 Å². The predicted molar refractivity (Wildman–Crippen MR) is 52.5 cm³/mol. The van der Waals surface area contributed by atoms with Gasteiger partial charge >= 0.3 is 5.97 Å². The van der Waals surface area contributed by atoms with E-state index in [2.05, 4.69) is 0 Å². The highest BCUT2D eigenvalue weighted by Gasteiger charge is 2.63. The highest BCUT2D eigenvalue weighted by atomic mass is 16.4. The Labute approximate surface area is 84.7 Å². The van der Waals surface area contributed by atoms with E-state index in [0.29, 0.717) is 6.42 Å². The van der Waals surface area contributed by atoms with Crippen LogP contribution < -0.4 is 0 Å². The van der Waals surface area contributed by atoms with Gasteiger partial charge in [-0.3, -0.25) is 4.79 Å². The standard InChI is InChI=1S/C11H17NO2/c1-9(2)5-6-11(7-12,8(13)14)10(9,3)4/h5-6H2,1-4H3,(H,13,14)/t11-/m1/s1. The number of hydrogen-bond donors (Lipinski definition) is 1.